The molecule has 0 heterocycles. The Morgan fingerprint density at radius 1 is 1.06 bits per heavy atom. The molecule has 102 valence electrons. The Morgan fingerprint density at radius 2 is 1.76 bits per heavy atom. The molecular weight excluding hydrogens is 214 g/mol. The topological polar surface area (TPSA) is 43.7 Å². The maximum absolute atomic E-state index is 9.06. The van der Waals surface area contributed by atoms with Crippen molar-refractivity contribution >= 4 is 0 Å². The minimum Gasteiger partial charge on any atom is -0.396 e. The molecule has 0 aromatic carbocycles. The van der Waals surface area contributed by atoms with Crippen molar-refractivity contribution in [1.82, 2.24) is 4.90 Å². The van der Waals surface area contributed by atoms with Crippen molar-refractivity contribution in [2.24, 2.45) is 5.92 Å². The van der Waals surface area contributed by atoms with Crippen LogP contribution in [0.1, 0.15) is 39.5 Å². The summed E-state index contributed by atoms with van der Waals surface area (Å²) < 4.78 is 0. The second kappa shape index (κ2) is 12.1. The van der Waals surface area contributed by atoms with Gasteiger partial charge in [0.25, 0.3) is 0 Å². The number of aliphatic hydroxyl groups is 2. The van der Waals surface area contributed by atoms with Gasteiger partial charge in [0.1, 0.15) is 0 Å². The van der Waals surface area contributed by atoms with E-state index in [4.69, 9.17) is 10.2 Å². The van der Waals surface area contributed by atoms with E-state index in [1.807, 2.05) is 0 Å². The van der Waals surface area contributed by atoms with E-state index in [2.05, 4.69) is 30.9 Å². The highest BCUT2D eigenvalue weighted by Crippen LogP contribution is 2.11. The predicted octanol–water partition coefficient (Wildman–Crippen LogP) is 2.05. The van der Waals surface area contributed by atoms with Crippen LogP contribution >= 0.6 is 0 Å². The molecule has 0 saturated heterocycles. The largest absolute Gasteiger partial charge is 0.396 e. The van der Waals surface area contributed by atoms with Crippen molar-refractivity contribution in [2.75, 3.05) is 32.8 Å². The standard InChI is InChI=1S/C14H29NO2/c1-3-15(4-2)11-8-6-5-7-9-14(13-17)10-12-16/h6,8,14,16-17H,3-5,7,9-13H2,1-2H3/b8-6+. The number of hydrogen-bond donors (Lipinski definition) is 2. The van der Waals surface area contributed by atoms with Gasteiger partial charge in [-0.2, -0.15) is 0 Å². The van der Waals surface area contributed by atoms with Crippen molar-refractivity contribution in [3.05, 3.63) is 12.2 Å². The van der Waals surface area contributed by atoms with Crippen molar-refractivity contribution in [2.45, 2.75) is 39.5 Å². The van der Waals surface area contributed by atoms with Gasteiger partial charge in [-0.15, -0.1) is 0 Å². The number of likely N-dealkylation sites (N-methyl/N-ethyl adjacent to an activating group) is 1. The van der Waals surface area contributed by atoms with E-state index >= 15 is 0 Å². The van der Waals surface area contributed by atoms with Crippen molar-refractivity contribution < 1.29 is 10.2 Å². The monoisotopic (exact) mass is 243 g/mol. The summed E-state index contributed by atoms with van der Waals surface area (Å²) in [7, 11) is 0. The predicted molar refractivity (Wildman–Crippen MR) is 73.1 cm³/mol. The van der Waals surface area contributed by atoms with E-state index in [9.17, 15) is 0 Å². The first-order valence-corrected chi connectivity index (χ1v) is 6.87. The number of aliphatic hydroxyl groups excluding tert-OH is 2. The smallest absolute Gasteiger partial charge is 0.0460 e. The van der Waals surface area contributed by atoms with Gasteiger partial charge in [0, 0.05) is 19.8 Å². The van der Waals surface area contributed by atoms with Gasteiger partial charge < -0.3 is 15.1 Å². The third-order valence-electron chi connectivity index (χ3n) is 3.20. The SMILES string of the molecule is CCN(CC)C/C=C/CCCC(CO)CCO. The van der Waals surface area contributed by atoms with Crippen LogP contribution in [0, 0.1) is 5.92 Å². The molecule has 0 aromatic heterocycles. The molecule has 0 aliphatic rings. The van der Waals surface area contributed by atoms with Gasteiger partial charge in [0.15, 0.2) is 0 Å². The van der Waals surface area contributed by atoms with Crippen LogP contribution in [0.2, 0.25) is 0 Å². The summed E-state index contributed by atoms with van der Waals surface area (Å²) in [4.78, 5) is 2.37. The average molecular weight is 243 g/mol. The summed E-state index contributed by atoms with van der Waals surface area (Å²) in [6.07, 6.45) is 8.36. The Balaban J connectivity index is 3.52. The van der Waals surface area contributed by atoms with E-state index in [1.165, 1.54) is 0 Å². The highest BCUT2D eigenvalue weighted by atomic mass is 16.3. The maximum atomic E-state index is 9.06. The van der Waals surface area contributed by atoms with Gasteiger partial charge >= 0.3 is 0 Å². The minimum atomic E-state index is 0.184. The van der Waals surface area contributed by atoms with Gasteiger partial charge in [-0.05, 0) is 44.7 Å². The maximum Gasteiger partial charge on any atom is 0.0460 e. The Morgan fingerprint density at radius 3 is 2.29 bits per heavy atom. The van der Waals surface area contributed by atoms with Crippen LogP contribution in [-0.2, 0) is 0 Å². The summed E-state index contributed by atoms with van der Waals surface area (Å²) in [5, 5.41) is 17.9. The van der Waals surface area contributed by atoms with E-state index < -0.39 is 0 Å². The molecule has 0 bridgehead atoms. The van der Waals surface area contributed by atoms with Crippen molar-refractivity contribution in [3.63, 3.8) is 0 Å². The molecule has 2 N–H and O–H groups in total. The fraction of sp³-hybridized carbons (Fsp3) is 0.857. The molecule has 1 atom stereocenters. The van der Waals surface area contributed by atoms with Crippen LogP contribution < -0.4 is 0 Å². The van der Waals surface area contributed by atoms with Crippen LogP contribution in [-0.4, -0.2) is 48.0 Å². The minimum absolute atomic E-state index is 0.184. The number of rotatable bonds is 11. The molecule has 0 aromatic rings. The molecule has 0 saturated carbocycles. The highest BCUT2D eigenvalue weighted by molar-refractivity contribution is 4.84. The van der Waals surface area contributed by atoms with Gasteiger partial charge in [-0.25, -0.2) is 0 Å². The van der Waals surface area contributed by atoms with E-state index in [1.54, 1.807) is 0 Å². The Kier molecular flexibility index (Phi) is 11.8. The summed E-state index contributed by atoms with van der Waals surface area (Å²) in [6.45, 7) is 7.98. The molecule has 0 spiro atoms. The lowest BCUT2D eigenvalue weighted by molar-refractivity contribution is 0.175. The van der Waals surface area contributed by atoms with Crippen LogP contribution in [0.25, 0.3) is 0 Å². The summed E-state index contributed by atoms with van der Waals surface area (Å²) in [5.41, 5.74) is 0. The fourth-order valence-electron chi connectivity index (χ4n) is 1.86. The van der Waals surface area contributed by atoms with Crippen molar-refractivity contribution in [3.8, 4) is 0 Å². The molecule has 0 aliphatic heterocycles. The van der Waals surface area contributed by atoms with Crippen LogP contribution in [0.4, 0.5) is 0 Å². The lowest BCUT2D eigenvalue weighted by Gasteiger charge is -2.14. The first-order chi connectivity index (χ1) is 8.28. The lowest BCUT2D eigenvalue weighted by Crippen LogP contribution is -2.22. The molecular formula is C14H29NO2. The lowest BCUT2D eigenvalue weighted by atomic mass is 10.00. The normalized spacial score (nSPS) is 13.7. The second-order valence-electron chi connectivity index (χ2n) is 4.45. The average Bonchev–Trinajstić information content (AvgIpc) is 2.36. The molecule has 0 fully saturated rings. The first-order valence-electron chi connectivity index (χ1n) is 6.87. The molecule has 3 heteroatoms. The van der Waals surface area contributed by atoms with Gasteiger partial charge in [0.05, 0.1) is 0 Å². The zero-order chi connectivity index (χ0) is 12.9. The van der Waals surface area contributed by atoms with Crippen molar-refractivity contribution in [1.29, 1.82) is 0 Å². The van der Waals surface area contributed by atoms with Gasteiger partial charge in [0.2, 0.25) is 0 Å². The fourth-order valence-corrected chi connectivity index (χ4v) is 1.86. The molecule has 1 unspecified atom stereocenters. The quantitative estimate of drug-likeness (QED) is 0.431. The summed E-state index contributed by atoms with van der Waals surface area (Å²) in [5.74, 6) is 0.274. The molecule has 3 nitrogen and oxygen atoms in total. The third kappa shape index (κ3) is 9.33. The Labute approximate surface area is 106 Å². The van der Waals surface area contributed by atoms with Crippen LogP contribution in [0.3, 0.4) is 0 Å². The first kappa shape index (κ1) is 16.6. The van der Waals surface area contributed by atoms with E-state index in [0.717, 1.165) is 45.3 Å². The number of allylic oxidation sites excluding steroid dienone is 1. The summed E-state index contributed by atoms with van der Waals surface area (Å²) in [6, 6.07) is 0. The summed E-state index contributed by atoms with van der Waals surface area (Å²) >= 11 is 0. The van der Waals surface area contributed by atoms with Gasteiger partial charge in [-0.3, -0.25) is 0 Å². The van der Waals surface area contributed by atoms with E-state index in [0.29, 0.717) is 0 Å². The number of nitrogens with zero attached hydrogens (tertiary/aromatic N) is 1. The third-order valence-corrected chi connectivity index (χ3v) is 3.20. The zero-order valence-corrected chi connectivity index (χ0v) is 11.4. The van der Waals surface area contributed by atoms with Crippen LogP contribution in [0.15, 0.2) is 12.2 Å². The number of hydrogen-bond acceptors (Lipinski definition) is 3. The molecule has 0 radical (unpaired) electrons. The van der Waals surface area contributed by atoms with Crippen LogP contribution in [0.5, 0.6) is 0 Å². The molecule has 0 rings (SSSR count). The molecule has 17 heavy (non-hydrogen) atoms. The second-order valence-corrected chi connectivity index (χ2v) is 4.45. The Hall–Kier alpha value is -0.380. The van der Waals surface area contributed by atoms with Gasteiger partial charge in [-0.1, -0.05) is 26.0 Å². The molecule has 0 aliphatic carbocycles. The van der Waals surface area contributed by atoms with E-state index in [-0.39, 0.29) is 19.1 Å². The number of unbranched alkanes of at least 4 members (excludes halogenated alkanes) is 1. The molecule has 0 amide bonds. The highest BCUT2D eigenvalue weighted by Gasteiger charge is 2.05. The Bertz CT molecular complexity index is 179. The zero-order valence-electron chi connectivity index (χ0n) is 11.4.